The SMILES string of the molecule is CC.CC.CCCCCc1cn(C(C)=N/C=c2/c3c(c(-c4ncc(F)c5sc(NC(=O)OC(C)(C)C)c(C#N)c45)c(F)c2=C(C)CC)COC3)cn1. The summed E-state index contributed by atoms with van der Waals surface area (Å²) >= 11 is 0.872. The number of carbonyl (C=O) groups is 1. The van der Waals surface area contributed by atoms with Crippen LogP contribution in [0.5, 0.6) is 0 Å². The second kappa shape index (κ2) is 18.9. The number of hydrogen-bond acceptors (Lipinski definition) is 8. The van der Waals surface area contributed by atoms with Crippen LogP contribution in [0.2, 0.25) is 0 Å². The number of unbranched alkanes of at least 4 members (excludes halogenated alkanes) is 2. The Hall–Kier alpha value is -4.47. The molecule has 0 saturated heterocycles. The van der Waals surface area contributed by atoms with E-state index in [1.165, 1.54) is 0 Å². The maximum atomic E-state index is 17.1. The molecule has 0 radical (unpaired) electrons. The summed E-state index contributed by atoms with van der Waals surface area (Å²) in [6.45, 7) is 21.3. The van der Waals surface area contributed by atoms with Crippen molar-refractivity contribution in [1.82, 2.24) is 14.5 Å². The molecule has 0 bridgehead atoms. The highest BCUT2D eigenvalue weighted by Crippen LogP contribution is 2.43. The molecular weight excluding hydrogens is 683 g/mol. The number of nitrogens with one attached hydrogen (secondary N) is 1. The van der Waals surface area contributed by atoms with Crippen LogP contribution in [-0.2, 0) is 29.1 Å². The number of ether oxygens (including phenoxy) is 2. The lowest BCUT2D eigenvalue weighted by Gasteiger charge is -2.19. The minimum Gasteiger partial charge on any atom is -0.444 e. The van der Waals surface area contributed by atoms with Gasteiger partial charge in [0, 0.05) is 33.8 Å². The maximum absolute atomic E-state index is 17.1. The van der Waals surface area contributed by atoms with Gasteiger partial charge in [-0.2, -0.15) is 5.26 Å². The van der Waals surface area contributed by atoms with Crippen molar-refractivity contribution in [2.45, 2.75) is 127 Å². The average molecular weight is 735 g/mol. The molecule has 0 spiro atoms. The second-order valence-corrected chi connectivity index (χ2v) is 13.8. The van der Waals surface area contributed by atoms with E-state index in [0.717, 1.165) is 60.0 Å². The van der Waals surface area contributed by atoms with E-state index in [1.54, 1.807) is 33.3 Å². The minimum absolute atomic E-state index is 0.0297. The van der Waals surface area contributed by atoms with Crippen molar-refractivity contribution in [3.63, 3.8) is 0 Å². The molecule has 9 nitrogen and oxygen atoms in total. The molecule has 0 fully saturated rings. The van der Waals surface area contributed by atoms with Crippen molar-refractivity contribution in [3.8, 4) is 17.3 Å². The first-order chi connectivity index (χ1) is 24.9. The summed E-state index contributed by atoms with van der Waals surface area (Å²) in [5, 5.41) is 14.0. The molecule has 1 aliphatic heterocycles. The van der Waals surface area contributed by atoms with Gasteiger partial charge in [-0.1, -0.05) is 60.0 Å². The summed E-state index contributed by atoms with van der Waals surface area (Å²) in [7, 11) is 0. The van der Waals surface area contributed by atoms with Crippen LogP contribution < -0.4 is 15.8 Å². The molecule has 0 aliphatic carbocycles. The summed E-state index contributed by atoms with van der Waals surface area (Å²) in [5.74, 6) is -0.582. The monoisotopic (exact) mass is 734 g/mol. The molecule has 0 atom stereocenters. The maximum Gasteiger partial charge on any atom is 0.412 e. The number of aromatic nitrogens is 3. The van der Waals surface area contributed by atoms with Gasteiger partial charge in [0.05, 0.1) is 41.1 Å². The largest absolute Gasteiger partial charge is 0.444 e. The van der Waals surface area contributed by atoms with Gasteiger partial charge < -0.3 is 9.47 Å². The highest BCUT2D eigenvalue weighted by Gasteiger charge is 2.30. The average Bonchev–Trinajstić information content (AvgIpc) is 3.88. The Morgan fingerprint density at radius 3 is 2.46 bits per heavy atom. The van der Waals surface area contributed by atoms with Gasteiger partial charge in [0.25, 0.3) is 0 Å². The number of amides is 1. The fourth-order valence-electron chi connectivity index (χ4n) is 5.70. The number of carbonyl (C=O) groups excluding carboxylic acids is 1. The number of nitrogens with zero attached hydrogens (tertiary/aromatic N) is 5. The molecule has 12 heteroatoms. The first kappa shape index (κ1) is 41.9. The Morgan fingerprint density at radius 2 is 1.83 bits per heavy atom. The first-order valence-electron chi connectivity index (χ1n) is 18.1. The molecule has 4 aromatic rings. The fourth-order valence-corrected chi connectivity index (χ4v) is 6.74. The van der Waals surface area contributed by atoms with E-state index in [0.29, 0.717) is 28.3 Å². The number of pyridine rings is 1. The third kappa shape index (κ3) is 9.30. The van der Waals surface area contributed by atoms with Gasteiger partial charge in [0.2, 0.25) is 0 Å². The standard InChI is InChI=1S/C36H40F2N6O3S.2C2H6/c1-8-10-11-12-22-16-44(19-42-22)21(4)40-14-24-25-17-46-18-26(25)29(31(38)28(24)20(3)9-2)32-30-23(13-39)34(43-35(45)47-36(5,6)7)48-33(30)27(37)15-41-32;2*1-2/h14-16,19H,8-12,17-18H2,1-7H3,(H,43,45);2*1-2H3/b24-14-,28-20?,40-21?;;. The number of halogens is 2. The van der Waals surface area contributed by atoms with Crippen LogP contribution >= 0.6 is 11.3 Å². The Labute approximate surface area is 310 Å². The van der Waals surface area contributed by atoms with Crippen molar-refractivity contribution >= 4 is 50.1 Å². The van der Waals surface area contributed by atoms with Crippen molar-refractivity contribution in [1.29, 1.82) is 5.26 Å². The van der Waals surface area contributed by atoms with Crippen LogP contribution in [0.1, 0.15) is 124 Å². The number of hydrogen-bond donors (Lipinski definition) is 1. The molecule has 0 saturated carbocycles. The number of nitriles is 1. The number of benzene rings is 1. The van der Waals surface area contributed by atoms with Crippen molar-refractivity contribution in [3.05, 3.63) is 63.2 Å². The van der Waals surface area contributed by atoms with Gasteiger partial charge in [0.1, 0.15) is 34.7 Å². The number of imidazole rings is 1. The Balaban J connectivity index is 0.00000176. The number of aliphatic imine (C=N–C) groups is 1. The highest BCUT2D eigenvalue weighted by molar-refractivity contribution is 7.23. The number of thiophene rings is 1. The van der Waals surface area contributed by atoms with E-state index in [2.05, 4.69) is 28.3 Å². The normalized spacial score (nSPS) is 13.5. The Morgan fingerprint density at radius 1 is 1.13 bits per heavy atom. The molecule has 5 rings (SSSR count). The van der Waals surface area contributed by atoms with Gasteiger partial charge in [-0.05, 0) is 65.0 Å². The lowest BCUT2D eigenvalue weighted by Crippen LogP contribution is -2.35. The zero-order valence-corrected chi connectivity index (χ0v) is 33.2. The van der Waals surface area contributed by atoms with Gasteiger partial charge in [0.15, 0.2) is 5.82 Å². The quantitative estimate of drug-likeness (QED) is 0.110. The second-order valence-electron chi connectivity index (χ2n) is 12.8. The fraction of sp³-hybridized carbons (Fsp3) is 0.475. The predicted molar refractivity (Wildman–Crippen MR) is 208 cm³/mol. The predicted octanol–water partition coefficient (Wildman–Crippen LogP) is 9.76. The summed E-state index contributed by atoms with van der Waals surface area (Å²) in [4.78, 5) is 26.2. The first-order valence-corrected chi connectivity index (χ1v) is 18.9. The van der Waals surface area contributed by atoms with Crippen molar-refractivity contribution < 1.29 is 23.0 Å². The number of rotatable bonds is 8. The molecule has 52 heavy (non-hydrogen) atoms. The summed E-state index contributed by atoms with van der Waals surface area (Å²) < 4.78 is 45.5. The molecular formula is C40H52F2N6O3S. The molecule has 1 aliphatic rings. The van der Waals surface area contributed by atoms with E-state index in [-0.39, 0.29) is 45.1 Å². The summed E-state index contributed by atoms with van der Waals surface area (Å²) in [6.07, 6.45) is 10.4. The van der Waals surface area contributed by atoms with E-state index in [9.17, 15) is 10.1 Å². The summed E-state index contributed by atoms with van der Waals surface area (Å²) in [6, 6.07) is 2.08. The molecule has 1 aromatic carbocycles. The van der Waals surface area contributed by atoms with Crippen LogP contribution in [0, 0.1) is 23.0 Å². The molecule has 4 heterocycles. The van der Waals surface area contributed by atoms with Gasteiger partial charge >= 0.3 is 6.09 Å². The summed E-state index contributed by atoms with van der Waals surface area (Å²) in [5.41, 5.74) is 2.48. The molecule has 1 N–H and O–H groups in total. The van der Waals surface area contributed by atoms with E-state index in [1.807, 2.05) is 59.2 Å². The van der Waals surface area contributed by atoms with Gasteiger partial charge in [-0.25, -0.2) is 23.6 Å². The van der Waals surface area contributed by atoms with Crippen molar-refractivity contribution in [2.24, 2.45) is 4.99 Å². The highest BCUT2D eigenvalue weighted by atomic mass is 32.1. The van der Waals surface area contributed by atoms with Crippen LogP contribution in [-0.4, -0.2) is 32.1 Å². The van der Waals surface area contributed by atoms with Gasteiger partial charge in [-0.3, -0.25) is 14.9 Å². The number of fused-ring (bicyclic) bond motifs is 2. The van der Waals surface area contributed by atoms with Gasteiger partial charge in [-0.15, -0.1) is 11.3 Å². The molecule has 0 unspecified atom stereocenters. The third-order valence-corrected chi connectivity index (χ3v) is 9.32. The third-order valence-electron chi connectivity index (χ3n) is 8.21. The Kier molecular flexibility index (Phi) is 15.2. The zero-order chi connectivity index (χ0) is 38.7. The molecule has 280 valence electrons. The smallest absolute Gasteiger partial charge is 0.412 e. The lowest BCUT2D eigenvalue weighted by atomic mass is 9.92. The molecule has 3 aromatic heterocycles. The van der Waals surface area contributed by atoms with Crippen LogP contribution in [0.4, 0.5) is 18.6 Å². The number of aryl methyl sites for hydroxylation is 1. The van der Waals surface area contributed by atoms with Crippen LogP contribution in [0.25, 0.3) is 33.1 Å². The van der Waals surface area contributed by atoms with Crippen LogP contribution in [0.15, 0.2) is 23.7 Å². The zero-order valence-electron chi connectivity index (χ0n) is 32.4. The minimum atomic E-state index is -0.796. The van der Waals surface area contributed by atoms with E-state index >= 15 is 8.78 Å². The van der Waals surface area contributed by atoms with E-state index in [4.69, 9.17) is 14.5 Å². The Bertz CT molecular complexity index is 2090. The molecule has 1 amide bonds. The van der Waals surface area contributed by atoms with E-state index < -0.39 is 23.3 Å². The van der Waals surface area contributed by atoms with Crippen molar-refractivity contribution in [2.75, 3.05) is 5.32 Å². The lowest BCUT2D eigenvalue weighted by molar-refractivity contribution is 0.0636. The topological polar surface area (TPSA) is 114 Å². The number of anilines is 1. The van der Waals surface area contributed by atoms with Crippen LogP contribution in [0.3, 0.4) is 0 Å².